The first kappa shape index (κ1) is 11.9. The van der Waals surface area contributed by atoms with Gasteiger partial charge in [-0.15, -0.1) is 0 Å². The highest BCUT2D eigenvalue weighted by Gasteiger charge is 2.25. The molecule has 0 radical (unpaired) electrons. The van der Waals surface area contributed by atoms with Crippen molar-refractivity contribution in [3.63, 3.8) is 0 Å². The zero-order valence-electron chi connectivity index (χ0n) is 8.80. The van der Waals surface area contributed by atoms with E-state index in [0.717, 1.165) is 18.7 Å². The molecule has 1 aliphatic rings. The summed E-state index contributed by atoms with van der Waals surface area (Å²) in [6.45, 7) is 0.477. The van der Waals surface area contributed by atoms with Crippen LogP contribution in [0, 0.1) is 17.5 Å². The lowest BCUT2D eigenvalue weighted by Crippen LogP contribution is -2.49. The van der Waals surface area contributed by atoms with Gasteiger partial charge >= 0.3 is 5.97 Å². The van der Waals surface area contributed by atoms with E-state index >= 15 is 0 Å². The van der Waals surface area contributed by atoms with Crippen molar-refractivity contribution in [3.05, 3.63) is 35.1 Å². The molecule has 0 bridgehead atoms. The molecular formula is C11H10F3NO2. The standard InChI is InChI=1S/C11H10F3NO2/c12-7-3-6(4-8(13)10(7)14)5-17-11(16)9-1-2-15-9/h3-4,9,15H,1-2,5H2. The van der Waals surface area contributed by atoms with E-state index in [4.69, 9.17) is 4.74 Å². The van der Waals surface area contributed by atoms with Gasteiger partial charge in [-0.2, -0.15) is 0 Å². The van der Waals surface area contributed by atoms with Gasteiger partial charge < -0.3 is 10.1 Å². The summed E-state index contributed by atoms with van der Waals surface area (Å²) in [5.41, 5.74) is 0.0778. The van der Waals surface area contributed by atoms with Crippen LogP contribution in [-0.4, -0.2) is 18.6 Å². The summed E-state index contributed by atoms with van der Waals surface area (Å²) in [7, 11) is 0. The quantitative estimate of drug-likeness (QED) is 0.648. The maximum atomic E-state index is 12.8. The van der Waals surface area contributed by atoms with Crippen LogP contribution in [0.15, 0.2) is 12.1 Å². The van der Waals surface area contributed by atoms with E-state index in [1.54, 1.807) is 0 Å². The molecule has 1 aliphatic heterocycles. The fourth-order valence-corrected chi connectivity index (χ4v) is 1.44. The Balaban J connectivity index is 1.96. The van der Waals surface area contributed by atoms with Crippen molar-refractivity contribution in [2.24, 2.45) is 0 Å². The SMILES string of the molecule is O=C(OCc1cc(F)c(F)c(F)c1)C1CCN1. The molecular weight excluding hydrogens is 235 g/mol. The zero-order chi connectivity index (χ0) is 12.4. The number of rotatable bonds is 3. The number of benzene rings is 1. The van der Waals surface area contributed by atoms with Crippen LogP contribution in [0.3, 0.4) is 0 Å². The number of hydrogen-bond acceptors (Lipinski definition) is 3. The number of ether oxygens (including phenoxy) is 1. The monoisotopic (exact) mass is 245 g/mol. The van der Waals surface area contributed by atoms with Gasteiger partial charge in [-0.05, 0) is 30.7 Å². The Hall–Kier alpha value is -1.56. The summed E-state index contributed by atoms with van der Waals surface area (Å²) in [6.07, 6.45) is 0.685. The molecule has 1 N–H and O–H groups in total. The van der Waals surface area contributed by atoms with Crippen molar-refractivity contribution in [1.29, 1.82) is 0 Å². The molecule has 0 spiro atoms. The molecule has 1 aromatic carbocycles. The normalized spacial score (nSPS) is 18.6. The third kappa shape index (κ3) is 2.58. The highest BCUT2D eigenvalue weighted by molar-refractivity contribution is 5.76. The Labute approximate surface area is 95.6 Å². The fourth-order valence-electron chi connectivity index (χ4n) is 1.44. The van der Waals surface area contributed by atoms with Gasteiger partial charge in [0.2, 0.25) is 0 Å². The summed E-state index contributed by atoms with van der Waals surface area (Å²) in [6, 6.07) is 1.27. The fraction of sp³-hybridized carbons (Fsp3) is 0.364. The Morgan fingerprint density at radius 1 is 1.35 bits per heavy atom. The molecule has 6 heteroatoms. The minimum atomic E-state index is -1.53. The molecule has 17 heavy (non-hydrogen) atoms. The first-order valence-corrected chi connectivity index (χ1v) is 5.11. The van der Waals surface area contributed by atoms with E-state index in [0.29, 0.717) is 6.42 Å². The van der Waals surface area contributed by atoms with Crippen LogP contribution >= 0.6 is 0 Å². The second-order valence-corrected chi connectivity index (χ2v) is 3.78. The number of carbonyl (C=O) groups is 1. The molecule has 1 unspecified atom stereocenters. The average molecular weight is 245 g/mol. The average Bonchev–Trinajstić information content (AvgIpc) is 2.20. The lowest BCUT2D eigenvalue weighted by Gasteiger charge is -2.25. The van der Waals surface area contributed by atoms with Crippen LogP contribution in [0.2, 0.25) is 0 Å². The van der Waals surface area contributed by atoms with Gasteiger partial charge in [0, 0.05) is 0 Å². The minimum absolute atomic E-state index is 0.0778. The van der Waals surface area contributed by atoms with Gasteiger partial charge in [-0.1, -0.05) is 0 Å². The van der Waals surface area contributed by atoms with E-state index in [9.17, 15) is 18.0 Å². The molecule has 1 atom stereocenters. The van der Waals surface area contributed by atoms with Gasteiger partial charge in [0.15, 0.2) is 17.5 Å². The van der Waals surface area contributed by atoms with Crippen LogP contribution in [0.25, 0.3) is 0 Å². The smallest absolute Gasteiger partial charge is 0.323 e. The third-order valence-electron chi connectivity index (χ3n) is 2.53. The van der Waals surface area contributed by atoms with Crippen LogP contribution in [0.5, 0.6) is 0 Å². The maximum Gasteiger partial charge on any atom is 0.323 e. The molecule has 0 aliphatic carbocycles. The van der Waals surface area contributed by atoms with Gasteiger partial charge in [0.1, 0.15) is 12.6 Å². The lowest BCUT2D eigenvalue weighted by atomic mass is 10.1. The molecule has 1 heterocycles. The van der Waals surface area contributed by atoms with Crippen molar-refractivity contribution in [2.75, 3.05) is 6.54 Å². The summed E-state index contributed by atoms with van der Waals surface area (Å²) in [5.74, 6) is -4.59. The number of hydrogen-bond donors (Lipinski definition) is 1. The summed E-state index contributed by atoms with van der Waals surface area (Å²) >= 11 is 0. The zero-order valence-corrected chi connectivity index (χ0v) is 8.80. The van der Waals surface area contributed by atoms with Crippen LogP contribution < -0.4 is 5.32 Å². The van der Waals surface area contributed by atoms with E-state index in [1.807, 2.05) is 0 Å². The lowest BCUT2D eigenvalue weighted by molar-refractivity contribution is -0.149. The predicted molar refractivity (Wildman–Crippen MR) is 52.5 cm³/mol. The number of nitrogens with one attached hydrogen (secondary N) is 1. The minimum Gasteiger partial charge on any atom is -0.460 e. The Bertz CT molecular complexity index is 423. The highest BCUT2D eigenvalue weighted by Crippen LogP contribution is 2.15. The largest absolute Gasteiger partial charge is 0.460 e. The van der Waals surface area contributed by atoms with Crippen LogP contribution in [0.4, 0.5) is 13.2 Å². The molecule has 0 aromatic heterocycles. The second-order valence-electron chi connectivity index (χ2n) is 3.78. The van der Waals surface area contributed by atoms with Crippen molar-refractivity contribution >= 4 is 5.97 Å². The Morgan fingerprint density at radius 2 is 1.94 bits per heavy atom. The number of halogens is 3. The van der Waals surface area contributed by atoms with Crippen LogP contribution in [0.1, 0.15) is 12.0 Å². The molecule has 0 amide bonds. The predicted octanol–water partition coefficient (Wildman–Crippen LogP) is 1.51. The van der Waals surface area contributed by atoms with Crippen molar-refractivity contribution in [2.45, 2.75) is 19.1 Å². The van der Waals surface area contributed by atoms with Gasteiger partial charge in [0.05, 0.1) is 0 Å². The Morgan fingerprint density at radius 3 is 2.41 bits per heavy atom. The summed E-state index contributed by atoms with van der Waals surface area (Å²) in [4.78, 5) is 11.3. The topological polar surface area (TPSA) is 38.3 Å². The Kier molecular flexibility index (Phi) is 3.33. The van der Waals surface area contributed by atoms with E-state index in [-0.39, 0.29) is 18.2 Å². The molecule has 1 fully saturated rings. The second kappa shape index (κ2) is 4.75. The van der Waals surface area contributed by atoms with Crippen molar-refractivity contribution in [1.82, 2.24) is 5.32 Å². The molecule has 92 valence electrons. The van der Waals surface area contributed by atoms with Gasteiger partial charge in [0.25, 0.3) is 0 Å². The molecule has 1 saturated heterocycles. The number of carbonyl (C=O) groups excluding carboxylic acids is 1. The van der Waals surface area contributed by atoms with Crippen LogP contribution in [-0.2, 0) is 16.1 Å². The first-order valence-electron chi connectivity index (χ1n) is 5.11. The maximum absolute atomic E-state index is 12.8. The summed E-state index contributed by atoms with van der Waals surface area (Å²) < 4.78 is 43.1. The van der Waals surface area contributed by atoms with Gasteiger partial charge in [-0.3, -0.25) is 4.79 Å². The molecule has 3 nitrogen and oxygen atoms in total. The summed E-state index contributed by atoms with van der Waals surface area (Å²) in [5, 5.41) is 2.83. The van der Waals surface area contributed by atoms with Gasteiger partial charge in [-0.25, -0.2) is 13.2 Å². The third-order valence-corrected chi connectivity index (χ3v) is 2.53. The molecule has 2 rings (SSSR count). The van der Waals surface area contributed by atoms with Crippen molar-refractivity contribution in [3.8, 4) is 0 Å². The molecule has 1 aromatic rings. The number of esters is 1. The van der Waals surface area contributed by atoms with E-state index in [2.05, 4.69) is 5.32 Å². The first-order chi connectivity index (χ1) is 8.08. The highest BCUT2D eigenvalue weighted by atomic mass is 19.2. The molecule has 0 saturated carbocycles. The van der Waals surface area contributed by atoms with E-state index in [1.165, 1.54) is 0 Å². The van der Waals surface area contributed by atoms with Crippen molar-refractivity contribution < 1.29 is 22.7 Å². The van der Waals surface area contributed by atoms with E-state index < -0.39 is 23.4 Å².